The van der Waals surface area contributed by atoms with Crippen LogP contribution < -0.4 is 0 Å². The van der Waals surface area contributed by atoms with Crippen molar-refractivity contribution in [3.05, 3.63) is 47.1 Å². The second-order valence-corrected chi connectivity index (χ2v) is 9.47. The molecular formula is C18H19NO7S. The maximum atomic E-state index is 12.6. The number of furan rings is 1. The smallest absolute Gasteiger partial charge is 0.355 e. The van der Waals surface area contributed by atoms with Crippen molar-refractivity contribution in [2.24, 2.45) is 0 Å². The van der Waals surface area contributed by atoms with Crippen LogP contribution in [0.25, 0.3) is 0 Å². The van der Waals surface area contributed by atoms with Gasteiger partial charge >= 0.3 is 5.97 Å². The van der Waals surface area contributed by atoms with Gasteiger partial charge in [-0.1, -0.05) is 0 Å². The Labute approximate surface area is 156 Å². The fraction of sp³-hybridized carbons (Fsp3) is 0.389. The Morgan fingerprint density at radius 1 is 1.33 bits per heavy atom. The van der Waals surface area contributed by atoms with E-state index in [1.54, 1.807) is 20.8 Å². The van der Waals surface area contributed by atoms with E-state index in [0.29, 0.717) is 0 Å². The zero-order valence-electron chi connectivity index (χ0n) is 15.3. The summed E-state index contributed by atoms with van der Waals surface area (Å²) >= 11 is 0. The van der Waals surface area contributed by atoms with Crippen LogP contribution in [-0.2, 0) is 24.2 Å². The van der Waals surface area contributed by atoms with E-state index in [1.165, 1.54) is 25.3 Å². The van der Waals surface area contributed by atoms with E-state index in [-0.39, 0.29) is 22.6 Å². The van der Waals surface area contributed by atoms with Gasteiger partial charge in [-0.05, 0) is 45.4 Å². The summed E-state index contributed by atoms with van der Waals surface area (Å²) in [6.07, 6.45) is 2.25. The van der Waals surface area contributed by atoms with Crippen LogP contribution in [-0.4, -0.2) is 47.7 Å². The number of ketones is 1. The number of allylic oxidation sites excluding steroid dienone is 1. The number of carbonyl (C=O) groups is 3. The minimum Gasteiger partial charge on any atom is -0.461 e. The fourth-order valence-electron chi connectivity index (χ4n) is 3.01. The van der Waals surface area contributed by atoms with Gasteiger partial charge in [-0.25, -0.2) is 13.2 Å². The highest BCUT2D eigenvalue weighted by atomic mass is 32.2. The van der Waals surface area contributed by atoms with Gasteiger partial charge in [-0.2, -0.15) is 0 Å². The van der Waals surface area contributed by atoms with E-state index in [4.69, 9.17) is 9.15 Å². The van der Waals surface area contributed by atoms with E-state index in [0.717, 1.165) is 11.0 Å². The molecule has 2 aliphatic rings. The Kier molecular flexibility index (Phi) is 4.38. The molecule has 0 radical (unpaired) electrons. The summed E-state index contributed by atoms with van der Waals surface area (Å²) in [5.74, 6) is -2.53. The van der Waals surface area contributed by atoms with Gasteiger partial charge in [0.25, 0.3) is 5.91 Å². The quantitative estimate of drug-likeness (QED) is 0.332. The van der Waals surface area contributed by atoms with Crippen molar-refractivity contribution in [1.82, 2.24) is 4.90 Å². The summed E-state index contributed by atoms with van der Waals surface area (Å²) in [5.41, 5.74) is -0.856. The van der Waals surface area contributed by atoms with Crippen LogP contribution in [0.3, 0.4) is 0 Å². The first kappa shape index (κ1) is 19.1. The maximum absolute atomic E-state index is 12.6. The predicted octanol–water partition coefficient (Wildman–Crippen LogP) is 1.60. The molecule has 0 unspecified atom stereocenters. The van der Waals surface area contributed by atoms with Gasteiger partial charge in [-0.3, -0.25) is 14.5 Å². The average Bonchev–Trinajstić information content (AvgIpc) is 3.03. The third-order valence-electron chi connectivity index (χ3n) is 4.01. The lowest BCUT2D eigenvalue weighted by atomic mass is 10.0. The molecule has 1 aromatic heterocycles. The Balaban J connectivity index is 1.99. The number of hydrogen-bond donors (Lipinski definition) is 0. The molecular weight excluding hydrogens is 374 g/mol. The highest BCUT2D eigenvalue weighted by Gasteiger charge is 2.56. The molecule has 3 heterocycles. The summed E-state index contributed by atoms with van der Waals surface area (Å²) in [5, 5.41) is -1.38. The zero-order valence-corrected chi connectivity index (χ0v) is 16.1. The highest BCUT2D eigenvalue weighted by molar-refractivity contribution is 7.92. The monoisotopic (exact) mass is 393 g/mol. The molecule has 0 aromatic carbocycles. The number of ether oxygens (including phenoxy) is 1. The summed E-state index contributed by atoms with van der Waals surface area (Å²) in [4.78, 5) is 38.2. The Morgan fingerprint density at radius 2 is 2.00 bits per heavy atom. The lowest BCUT2D eigenvalue weighted by Gasteiger charge is -2.45. The minimum absolute atomic E-state index is 0.0129. The zero-order chi connectivity index (χ0) is 20.1. The number of hydrogen-bond acceptors (Lipinski definition) is 7. The van der Waals surface area contributed by atoms with Crippen LogP contribution in [0.15, 0.2) is 45.7 Å². The Bertz CT molecular complexity index is 991. The number of β-lactam (4-membered cyclic amide) rings is 1. The number of sulfone groups is 1. The molecule has 1 fully saturated rings. The van der Waals surface area contributed by atoms with E-state index < -0.39 is 44.2 Å². The molecule has 1 atom stereocenters. The maximum Gasteiger partial charge on any atom is 0.355 e. The van der Waals surface area contributed by atoms with Crippen molar-refractivity contribution in [2.75, 3.05) is 5.75 Å². The first-order valence-corrected chi connectivity index (χ1v) is 9.91. The van der Waals surface area contributed by atoms with Crippen LogP contribution in [0, 0.1) is 0 Å². The molecule has 0 spiro atoms. The van der Waals surface area contributed by atoms with Crippen LogP contribution in [0.1, 0.15) is 38.2 Å². The summed E-state index contributed by atoms with van der Waals surface area (Å²) < 4.78 is 35.4. The van der Waals surface area contributed by atoms with E-state index in [1.807, 2.05) is 0 Å². The van der Waals surface area contributed by atoms with Crippen LogP contribution >= 0.6 is 0 Å². The van der Waals surface area contributed by atoms with Gasteiger partial charge in [0.15, 0.2) is 21.0 Å². The second kappa shape index (κ2) is 6.19. The fourth-order valence-corrected chi connectivity index (χ4v) is 4.99. The van der Waals surface area contributed by atoms with Gasteiger partial charge in [0.1, 0.15) is 11.3 Å². The average molecular weight is 393 g/mol. The normalized spacial score (nSPS) is 23.1. The van der Waals surface area contributed by atoms with Crippen LogP contribution in [0.2, 0.25) is 0 Å². The van der Waals surface area contributed by atoms with Crippen molar-refractivity contribution in [3.63, 3.8) is 0 Å². The van der Waals surface area contributed by atoms with Crippen molar-refractivity contribution in [1.29, 1.82) is 0 Å². The third kappa shape index (κ3) is 3.34. The Morgan fingerprint density at radius 3 is 2.56 bits per heavy atom. The first-order valence-electron chi connectivity index (χ1n) is 8.20. The molecule has 1 aromatic rings. The number of amides is 1. The first-order chi connectivity index (χ1) is 12.4. The van der Waals surface area contributed by atoms with Crippen LogP contribution in [0.5, 0.6) is 0 Å². The van der Waals surface area contributed by atoms with Gasteiger partial charge in [0, 0.05) is 6.08 Å². The minimum atomic E-state index is -3.79. The van der Waals surface area contributed by atoms with E-state index in [9.17, 15) is 22.8 Å². The van der Waals surface area contributed by atoms with Crippen molar-refractivity contribution >= 4 is 27.5 Å². The van der Waals surface area contributed by atoms with E-state index >= 15 is 0 Å². The SMILES string of the molecule is CC1=C(C(=O)OC(C)(C)C)N2C(=O)/C(=C/C(=O)c3ccco3)[C@H]2S(=O)(=O)C1. The molecule has 1 saturated heterocycles. The third-order valence-corrected chi connectivity index (χ3v) is 5.99. The molecule has 144 valence electrons. The summed E-state index contributed by atoms with van der Waals surface area (Å²) in [6, 6.07) is 2.91. The highest BCUT2D eigenvalue weighted by Crippen LogP contribution is 2.40. The largest absolute Gasteiger partial charge is 0.461 e. The van der Waals surface area contributed by atoms with Crippen molar-refractivity contribution in [2.45, 2.75) is 38.7 Å². The molecule has 3 rings (SSSR count). The number of nitrogens with zero attached hydrogens (tertiary/aromatic N) is 1. The molecule has 0 bridgehead atoms. The molecule has 0 N–H and O–H groups in total. The van der Waals surface area contributed by atoms with Crippen molar-refractivity contribution < 1.29 is 32.0 Å². The van der Waals surface area contributed by atoms with Crippen molar-refractivity contribution in [3.8, 4) is 0 Å². The molecule has 27 heavy (non-hydrogen) atoms. The van der Waals surface area contributed by atoms with Gasteiger partial charge < -0.3 is 9.15 Å². The van der Waals surface area contributed by atoms with Crippen LogP contribution in [0.4, 0.5) is 0 Å². The topological polar surface area (TPSA) is 111 Å². The molecule has 0 saturated carbocycles. The standard InChI is InChI=1S/C18H19NO7S/c1-10-9-27(23,24)16-11(8-12(20)13-6-5-7-25-13)15(21)19(16)14(10)17(22)26-18(2,3)4/h5-8,16H,9H2,1-4H3/b11-8-/t16-/m1/s1. The predicted molar refractivity (Wildman–Crippen MR) is 94.1 cm³/mol. The summed E-state index contributed by atoms with van der Waals surface area (Å²) in [7, 11) is -3.79. The molecule has 9 heteroatoms. The molecule has 8 nitrogen and oxygen atoms in total. The molecule has 1 amide bonds. The van der Waals surface area contributed by atoms with Gasteiger partial charge in [-0.15, -0.1) is 0 Å². The van der Waals surface area contributed by atoms with E-state index in [2.05, 4.69) is 0 Å². The number of carbonyl (C=O) groups excluding carboxylic acids is 3. The second-order valence-electron chi connectivity index (χ2n) is 7.41. The molecule has 2 aliphatic heterocycles. The van der Waals surface area contributed by atoms with Gasteiger partial charge in [0.2, 0.25) is 5.78 Å². The molecule has 0 aliphatic carbocycles. The number of esters is 1. The lowest BCUT2D eigenvalue weighted by Crippen LogP contribution is -2.62. The van der Waals surface area contributed by atoms with Gasteiger partial charge in [0.05, 0.1) is 17.6 Å². The number of rotatable bonds is 3. The number of fused-ring (bicyclic) bond motifs is 1. The Hall–Kier alpha value is -2.68. The lowest BCUT2D eigenvalue weighted by molar-refractivity contribution is -0.155. The summed E-state index contributed by atoms with van der Waals surface area (Å²) in [6.45, 7) is 6.48.